The van der Waals surface area contributed by atoms with Crippen LogP contribution in [0.2, 0.25) is 0 Å². The zero-order chi connectivity index (χ0) is 26.8. The van der Waals surface area contributed by atoms with Crippen LogP contribution in [0.3, 0.4) is 0 Å². The standard InChI is InChI=1S/C27H41N5O7/c1-26(2)36-19-18(35-22-21(20(19)37-26)38-27(3,4)39-22)13-34-25-31-23(28-12-16-6-5-9-33-16)30-24(32-25)29-17-11-14-7-8-15(17)10-14/h14-22H,5-13H2,1-4H3,(H2,28,29,30,31,32)/t14-,15+,16?,17+,18-,19+,20+,21-,22-/m1/s1. The number of anilines is 2. The van der Waals surface area contributed by atoms with Crippen LogP contribution in [0, 0.1) is 11.8 Å². The molecule has 1 aromatic rings. The molecule has 6 aliphatic rings. The summed E-state index contributed by atoms with van der Waals surface area (Å²) in [4.78, 5) is 13.9. The van der Waals surface area contributed by atoms with E-state index >= 15 is 0 Å². The number of rotatable bonds is 8. The van der Waals surface area contributed by atoms with Crippen molar-refractivity contribution in [3.05, 3.63) is 0 Å². The SMILES string of the molecule is CC1(C)O[C@H]2[C@@H](O1)[C@@H](COc1nc(NCC3CCCO3)nc(N[C@H]3C[C@@H]4CC[C@H]3C4)n1)O[C@@H]1OC(C)(C)O[C@@H]12. The number of ether oxygens (including phenoxy) is 7. The molecule has 7 rings (SSSR count). The molecular weight excluding hydrogens is 506 g/mol. The zero-order valence-electron chi connectivity index (χ0n) is 23.3. The highest BCUT2D eigenvalue weighted by molar-refractivity contribution is 5.37. The number of nitrogens with zero attached hydrogens (tertiary/aromatic N) is 3. The smallest absolute Gasteiger partial charge is 0.323 e. The molecule has 5 heterocycles. The van der Waals surface area contributed by atoms with E-state index in [1.54, 1.807) is 0 Å². The highest BCUT2D eigenvalue weighted by Gasteiger charge is 2.60. The number of aromatic nitrogens is 3. The second kappa shape index (κ2) is 9.92. The van der Waals surface area contributed by atoms with Crippen molar-refractivity contribution in [2.45, 2.75) is 121 Å². The van der Waals surface area contributed by atoms with Gasteiger partial charge in [0.1, 0.15) is 31.0 Å². The minimum Gasteiger partial charge on any atom is -0.460 e. The minimum atomic E-state index is -0.774. The van der Waals surface area contributed by atoms with Gasteiger partial charge in [-0.25, -0.2) is 0 Å². The van der Waals surface area contributed by atoms with Crippen molar-refractivity contribution in [3.8, 4) is 6.01 Å². The van der Waals surface area contributed by atoms with Crippen molar-refractivity contribution in [1.82, 2.24) is 15.0 Å². The summed E-state index contributed by atoms with van der Waals surface area (Å²) in [5.41, 5.74) is 0. The van der Waals surface area contributed by atoms with Crippen LogP contribution in [0.1, 0.15) is 66.2 Å². The summed E-state index contributed by atoms with van der Waals surface area (Å²) >= 11 is 0. The normalized spacial score (nSPS) is 41.4. The van der Waals surface area contributed by atoms with Crippen molar-refractivity contribution < 1.29 is 33.2 Å². The van der Waals surface area contributed by atoms with Crippen LogP contribution in [0.15, 0.2) is 0 Å². The first kappa shape index (κ1) is 26.1. The summed E-state index contributed by atoms with van der Waals surface area (Å²) < 4.78 is 42.8. The summed E-state index contributed by atoms with van der Waals surface area (Å²) in [6, 6.07) is 0.619. The predicted molar refractivity (Wildman–Crippen MR) is 138 cm³/mol. The van der Waals surface area contributed by atoms with E-state index in [4.69, 9.17) is 33.2 Å². The van der Waals surface area contributed by atoms with E-state index in [-0.39, 0.29) is 37.0 Å². The topological polar surface area (TPSA) is 127 Å². The first-order valence-electron chi connectivity index (χ1n) is 14.6. The molecular formula is C27H41N5O7. The molecule has 4 aliphatic heterocycles. The average Bonchev–Trinajstić information content (AvgIpc) is 3.69. The first-order chi connectivity index (χ1) is 18.7. The van der Waals surface area contributed by atoms with Crippen molar-refractivity contribution in [3.63, 3.8) is 0 Å². The summed E-state index contributed by atoms with van der Waals surface area (Å²) in [6.07, 6.45) is 5.18. The van der Waals surface area contributed by atoms with E-state index in [2.05, 4.69) is 25.6 Å². The van der Waals surface area contributed by atoms with E-state index in [1.165, 1.54) is 19.3 Å². The monoisotopic (exact) mass is 547 g/mol. The molecule has 12 heteroatoms. The van der Waals surface area contributed by atoms with Crippen molar-refractivity contribution in [2.75, 3.05) is 30.4 Å². The Hall–Kier alpha value is -1.83. The Labute approximate surface area is 229 Å². The lowest BCUT2D eigenvalue weighted by atomic mass is 9.95. The van der Waals surface area contributed by atoms with Crippen LogP contribution >= 0.6 is 0 Å². The molecule has 4 saturated heterocycles. The van der Waals surface area contributed by atoms with Gasteiger partial charge in [0.05, 0.1) is 6.10 Å². The highest BCUT2D eigenvalue weighted by atomic mass is 16.9. The van der Waals surface area contributed by atoms with Gasteiger partial charge in [-0.1, -0.05) is 6.42 Å². The molecule has 2 aliphatic carbocycles. The van der Waals surface area contributed by atoms with E-state index in [9.17, 15) is 0 Å². The molecule has 0 amide bonds. The largest absolute Gasteiger partial charge is 0.460 e. The highest BCUT2D eigenvalue weighted by Crippen LogP contribution is 2.46. The van der Waals surface area contributed by atoms with Gasteiger partial charge >= 0.3 is 6.01 Å². The van der Waals surface area contributed by atoms with Gasteiger partial charge in [0, 0.05) is 19.2 Å². The van der Waals surface area contributed by atoms with Crippen LogP contribution in [-0.4, -0.2) is 89.1 Å². The predicted octanol–water partition coefficient (Wildman–Crippen LogP) is 2.84. The third-order valence-corrected chi connectivity index (χ3v) is 8.81. The molecule has 9 atom stereocenters. The van der Waals surface area contributed by atoms with E-state index in [0.29, 0.717) is 30.4 Å². The van der Waals surface area contributed by atoms with Gasteiger partial charge in [0.25, 0.3) is 0 Å². The quantitative estimate of drug-likeness (QED) is 0.497. The summed E-state index contributed by atoms with van der Waals surface area (Å²) in [5, 5.41) is 6.91. The molecule has 2 bridgehead atoms. The van der Waals surface area contributed by atoms with E-state index in [1.807, 2.05) is 27.7 Å². The molecule has 216 valence electrons. The molecule has 0 radical (unpaired) electrons. The Morgan fingerprint density at radius 1 is 0.872 bits per heavy atom. The molecule has 1 aromatic heterocycles. The van der Waals surface area contributed by atoms with E-state index < -0.39 is 24.0 Å². The molecule has 6 fully saturated rings. The van der Waals surface area contributed by atoms with Gasteiger partial charge in [-0.15, -0.1) is 0 Å². The number of hydrogen-bond acceptors (Lipinski definition) is 12. The van der Waals surface area contributed by atoms with Crippen LogP contribution in [0.25, 0.3) is 0 Å². The summed E-state index contributed by atoms with van der Waals surface area (Å²) in [7, 11) is 0. The van der Waals surface area contributed by atoms with Crippen LogP contribution in [0.5, 0.6) is 6.01 Å². The number of fused-ring (bicyclic) bond motifs is 5. The number of hydrogen-bond donors (Lipinski definition) is 2. The lowest BCUT2D eigenvalue weighted by Crippen LogP contribution is -2.56. The molecule has 12 nitrogen and oxygen atoms in total. The second-order valence-electron chi connectivity index (χ2n) is 12.7. The van der Waals surface area contributed by atoms with Gasteiger partial charge in [0.15, 0.2) is 17.9 Å². The maximum absolute atomic E-state index is 6.30. The lowest BCUT2D eigenvalue weighted by Gasteiger charge is -2.36. The fourth-order valence-corrected chi connectivity index (χ4v) is 7.15. The second-order valence-corrected chi connectivity index (χ2v) is 12.7. The average molecular weight is 548 g/mol. The molecule has 0 aromatic carbocycles. The maximum Gasteiger partial charge on any atom is 0.323 e. The fraction of sp³-hybridized carbons (Fsp3) is 0.889. The van der Waals surface area contributed by atoms with Crippen molar-refractivity contribution in [2.24, 2.45) is 11.8 Å². The van der Waals surface area contributed by atoms with Crippen LogP contribution in [0.4, 0.5) is 11.9 Å². The van der Waals surface area contributed by atoms with Crippen LogP contribution in [-0.2, 0) is 28.4 Å². The Morgan fingerprint density at radius 3 is 2.44 bits per heavy atom. The minimum absolute atomic E-state index is 0.161. The number of nitrogens with one attached hydrogen (secondary N) is 2. The van der Waals surface area contributed by atoms with Gasteiger partial charge < -0.3 is 43.8 Å². The summed E-state index contributed by atoms with van der Waals surface area (Å²) in [5.74, 6) is 0.953. The third kappa shape index (κ3) is 5.43. The van der Waals surface area contributed by atoms with Crippen molar-refractivity contribution in [1.29, 1.82) is 0 Å². The molecule has 2 N–H and O–H groups in total. The Bertz CT molecular complexity index is 1050. The van der Waals surface area contributed by atoms with Crippen LogP contribution < -0.4 is 15.4 Å². The third-order valence-electron chi connectivity index (χ3n) is 8.81. The zero-order valence-corrected chi connectivity index (χ0v) is 23.3. The molecule has 1 unspecified atom stereocenters. The Kier molecular flexibility index (Phi) is 6.63. The molecule has 0 spiro atoms. The molecule has 39 heavy (non-hydrogen) atoms. The van der Waals surface area contributed by atoms with Crippen molar-refractivity contribution >= 4 is 11.9 Å². The lowest BCUT2D eigenvalue weighted by molar-refractivity contribution is -0.238. The molecule has 2 saturated carbocycles. The summed E-state index contributed by atoms with van der Waals surface area (Å²) in [6.45, 7) is 9.14. The van der Waals surface area contributed by atoms with Gasteiger partial charge in [-0.3, -0.25) is 0 Å². The van der Waals surface area contributed by atoms with Gasteiger partial charge in [-0.05, 0) is 71.6 Å². The maximum atomic E-state index is 6.30. The fourth-order valence-electron chi connectivity index (χ4n) is 7.15. The Balaban J connectivity index is 1.07. The first-order valence-corrected chi connectivity index (χ1v) is 14.6. The van der Waals surface area contributed by atoms with E-state index in [0.717, 1.165) is 31.8 Å². The van der Waals surface area contributed by atoms with Gasteiger partial charge in [-0.2, -0.15) is 15.0 Å². The van der Waals surface area contributed by atoms with Gasteiger partial charge in [0.2, 0.25) is 11.9 Å². The Morgan fingerprint density at radius 2 is 1.67 bits per heavy atom.